The molecule has 20 heavy (non-hydrogen) atoms. The Morgan fingerprint density at radius 3 is 2.20 bits per heavy atom. The maximum absolute atomic E-state index is 12.3. The first-order valence-electron chi connectivity index (χ1n) is 5.81. The van der Waals surface area contributed by atoms with E-state index >= 15 is 0 Å². The van der Waals surface area contributed by atoms with E-state index < -0.39 is 14.9 Å². The van der Waals surface area contributed by atoms with Gasteiger partial charge in [-0.2, -0.15) is 4.31 Å². The smallest absolute Gasteiger partial charge is 0.269 e. The number of non-ortho nitro benzene ring substituents is 1. The van der Waals surface area contributed by atoms with Crippen LogP contribution in [0.3, 0.4) is 0 Å². The highest BCUT2D eigenvalue weighted by molar-refractivity contribution is 7.89. The van der Waals surface area contributed by atoms with Gasteiger partial charge < -0.3 is 10.2 Å². The number of benzene rings is 1. The molecule has 0 saturated heterocycles. The molecule has 0 fully saturated rings. The van der Waals surface area contributed by atoms with Crippen molar-refractivity contribution >= 4 is 15.7 Å². The predicted molar refractivity (Wildman–Crippen MR) is 70.8 cm³/mol. The van der Waals surface area contributed by atoms with Crippen LogP contribution < -0.4 is 0 Å². The van der Waals surface area contributed by atoms with Gasteiger partial charge >= 0.3 is 0 Å². The summed E-state index contributed by atoms with van der Waals surface area (Å²) < 4.78 is 25.6. The zero-order valence-electron chi connectivity index (χ0n) is 10.9. The lowest BCUT2D eigenvalue weighted by molar-refractivity contribution is -0.385. The van der Waals surface area contributed by atoms with Gasteiger partial charge in [0.15, 0.2) is 0 Å². The maximum atomic E-state index is 12.3. The Balaban J connectivity index is 3.23. The van der Waals surface area contributed by atoms with Gasteiger partial charge in [0.05, 0.1) is 23.0 Å². The number of nitro groups is 1. The second-order valence-electron chi connectivity index (χ2n) is 4.06. The molecule has 112 valence electrons. The first-order chi connectivity index (χ1) is 9.34. The number of rotatable bonds is 7. The number of aliphatic hydroxyl groups is 2. The van der Waals surface area contributed by atoms with Crippen molar-refractivity contribution in [2.45, 2.75) is 11.8 Å². The molecule has 8 nitrogen and oxygen atoms in total. The lowest BCUT2D eigenvalue weighted by Gasteiger charge is -2.21. The monoisotopic (exact) mass is 304 g/mol. The zero-order chi connectivity index (χ0) is 15.3. The zero-order valence-corrected chi connectivity index (χ0v) is 11.7. The summed E-state index contributed by atoms with van der Waals surface area (Å²) in [5.74, 6) is 0. The highest BCUT2D eigenvalue weighted by Crippen LogP contribution is 2.23. The highest BCUT2D eigenvalue weighted by atomic mass is 32.2. The Labute approximate surface area is 116 Å². The van der Waals surface area contributed by atoms with E-state index in [2.05, 4.69) is 0 Å². The molecule has 0 heterocycles. The molecule has 0 spiro atoms. The average molecular weight is 304 g/mol. The van der Waals surface area contributed by atoms with Crippen molar-refractivity contribution in [2.24, 2.45) is 0 Å². The molecule has 1 aromatic carbocycles. The number of aryl methyl sites for hydroxylation is 1. The number of nitrogens with zero attached hydrogens (tertiary/aromatic N) is 2. The van der Waals surface area contributed by atoms with E-state index in [1.807, 2.05) is 0 Å². The molecule has 0 unspecified atom stereocenters. The van der Waals surface area contributed by atoms with Crippen molar-refractivity contribution < 1.29 is 23.6 Å². The minimum absolute atomic E-state index is 0.0787. The first-order valence-corrected chi connectivity index (χ1v) is 7.25. The third kappa shape index (κ3) is 3.51. The Bertz CT molecular complexity index is 581. The number of sulfonamides is 1. The normalized spacial score (nSPS) is 11.8. The second kappa shape index (κ2) is 6.75. The number of aliphatic hydroxyl groups excluding tert-OH is 2. The summed E-state index contributed by atoms with van der Waals surface area (Å²) in [5.41, 5.74) is 0.0393. The summed E-state index contributed by atoms with van der Waals surface area (Å²) in [6.45, 7) is 0.380. The largest absolute Gasteiger partial charge is 0.395 e. The van der Waals surface area contributed by atoms with Crippen LogP contribution in [0, 0.1) is 17.0 Å². The van der Waals surface area contributed by atoms with Gasteiger partial charge in [-0.05, 0) is 18.6 Å². The summed E-state index contributed by atoms with van der Waals surface area (Å²) >= 11 is 0. The van der Waals surface area contributed by atoms with Crippen LogP contribution in [0.25, 0.3) is 0 Å². The van der Waals surface area contributed by atoms with E-state index in [0.717, 1.165) is 16.4 Å². The van der Waals surface area contributed by atoms with Crippen molar-refractivity contribution in [1.82, 2.24) is 4.31 Å². The van der Waals surface area contributed by atoms with Crippen LogP contribution in [0.2, 0.25) is 0 Å². The van der Waals surface area contributed by atoms with Gasteiger partial charge in [-0.1, -0.05) is 0 Å². The number of hydrogen-bond acceptors (Lipinski definition) is 6. The molecule has 0 radical (unpaired) electrons. The molecule has 1 aromatic rings. The van der Waals surface area contributed by atoms with E-state index in [1.54, 1.807) is 0 Å². The molecule has 0 aromatic heterocycles. The standard InChI is InChI=1S/C11H16N2O6S/c1-9-8-10(13(16)17)2-3-11(9)20(18,19)12(4-6-14)5-7-15/h2-3,8,14-15H,4-7H2,1H3. The van der Waals surface area contributed by atoms with Crippen LogP contribution in [0.1, 0.15) is 5.56 Å². The Morgan fingerprint density at radius 2 is 1.80 bits per heavy atom. The van der Waals surface area contributed by atoms with E-state index in [9.17, 15) is 18.5 Å². The Kier molecular flexibility index (Phi) is 5.57. The van der Waals surface area contributed by atoms with Gasteiger partial charge in [0.25, 0.3) is 5.69 Å². The molecule has 1 rings (SSSR count). The molecule has 9 heteroatoms. The second-order valence-corrected chi connectivity index (χ2v) is 5.96. The Hall–Kier alpha value is -1.55. The summed E-state index contributed by atoms with van der Waals surface area (Å²) in [5, 5.41) is 28.4. The molecule has 0 aliphatic rings. The van der Waals surface area contributed by atoms with Gasteiger partial charge in [0, 0.05) is 25.2 Å². The number of hydrogen-bond donors (Lipinski definition) is 2. The molecule has 0 bridgehead atoms. The molecule has 2 N–H and O–H groups in total. The maximum Gasteiger partial charge on any atom is 0.269 e. The van der Waals surface area contributed by atoms with Crippen molar-refractivity contribution in [3.63, 3.8) is 0 Å². The molecule has 0 amide bonds. The van der Waals surface area contributed by atoms with Crippen LogP contribution in [0.4, 0.5) is 5.69 Å². The van der Waals surface area contributed by atoms with E-state index in [0.29, 0.717) is 0 Å². The fourth-order valence-electron chi connectivity index (χ4n) is 1.75. The lowest BCUT2D eigenvalue weighted by Crippen LogP contribution is -2.36. The molecule has 0 aliphatic carbocycles. The Morgan fingerprint density at radius 1 is 1.25 bits per heavy atom. The molecule has 0 aliphatic heterocycles. The van der Waals surface area contributed by atoms with Gasteiger partial charge in [-0.15, -0.1) is 0 Å². The van der Waals surface area contributed by atoms with E-state index in [-0.39, 0.29) is 42.4 Å². The first kappa shape index (κ1) is 16.5. The van der Waals surface area contributed by atoms with Crippen molar-refractivity contribution in [2.75, 3.05) is 26.3 Å². The third-order valence-electron chi connectivity index (χ3n) is 2.69. The summed E-state index contributed by atoms with van der Waals surface area (Å²) in [6.07, 6.45) is 0. The summed E-state index contributed by atoms with van der Waals surface area (Å²) in [6, 6.07) is 3.43. The molecule has 0 saturated carbocycles. The summed E-state index contributed by atoms with van der Waals surface area (Å²) in [4.78, 5) is 9.95. The predicted octanol–water partition coefficient (Wildman–Crippen LogP) is -0.121. The minimum atomic E-state index is -3.91. The van der Waals surface area contributed by atoms with E-state index in [1.165, 1.54) is 13.0 Å². The van der Waals surface area contributed by atoms with Crippen molar-refractivity contribution in [3.8, 4) is 0 Å². The van der Waals surface area contributed by atoms with Gasteiger partial charge in [-0.25, -0.2) is 8.42 Å². The third-order valence-corrected chi connectivity index (χ3v) is 4.74. The van der Waals surface area contributed by atoms with Crippen molar-refractivity contribution in [1.29, 1.82) is 0 Å². The summed E-state index contributed by atoms with van der Waals surface area (Å²) in [7, 11) is -3.91. The van der Waals surface area contributed by atoms with Gasteiger partial charge in [0.2, 0.25) is 10.0 Å². The van der Waals surface area contributed by atoms with Gasteiger partial charge in [-0.3, -0.25) is 10.1 Å². The van der Waals surface area contributed by atoms with Crippen LogP contribution in [0.15, 0.2) is 23.1 Å². The van der Waals surface area contributed by atoms with E-state index in [4.69, 9.17) is 10.2 Å². The topological polar surface area (TPSA) is 121 Å². The minimum Gasteiger partial charge on any atom is -0.395 e. The van der Waals surface area contributed by atoms with Gasteiger partial charge in [0.1, 0.15) is 0 Å². The molecular weight excluding hydrogens is 288 g/mol. The van der Waals surface area contributed by atoms with Crippen LogP contribution in [0.5, 0.6) is 0 Å². The lowest BCUT2D eigenvalue weighted by atomic mass is 10.2. The van der Waals surface area contributed by atoms with Crippen LogP contribution >= 0.6 is 0 Å². The SMILES string of the molecule is Cc1cc([N+](=O)[O-])ccc1S(=O)(=O)N(CCO)CCO. The quantitative estimate of drug-likeness (QED) is 0.535. The average Bonchev–Trinajstić information content (AvgIpc) is 2.37. The highest BCUT2D eigenvalue weighted by Gasteiger charge is 2.26. The van der Waals surface area contributed by atoms with Crippen LogP contribution in [-0.4, -0.2) is 54.2 Å². The fourth-order valence-corrected chi connectivity index (χ4v) is 3.38. The number of nitro benzene ring substituents is 1. The van der Waals surface area contributed by atoms with Crippen molar-refractivity contribution in [3.05, 3.63) is 33.9 Å². The van der Waals surface area contributed by atoms with Crippen LogP contribution in [-0.2, 0) is 10.0 Å². The molecular formula is C11H16N2O6S. The fraction of sp³-hybridized carbons (Fsp3) is 0.455. The molecule has 0 atom stereocenters.